The van der Waals surface area contributed by atoms with Gasteiger partial charge in [-0.2, -0.15) is 0 Å². The first-order valence-corrected chi connectivity index (χ1v) is 14.0. The van der Waals surface area contributed by atoms with Crippen LogP contribution in [0.4, 0.5) is 0 Å². The minimum absolute atomic E-state index is 0.0184. The van der Waals surface area contributed by atoms with Crippen molar-refractivity contribution in [3.8, 4) is 16.8 Å². The zero-order valence-electron chi connectivity index (χ0n) is 23.1. The summed E-state index contributed by atoms with van der Waals surface area (Å²) >= 11 is 0. The van der Waals surface area contributed by atoms with Crippen molar-refractivity contribution in [3.05, 3.63) is 124 Å². The third-order valence-corrected chi connectivity index (χ3v) is 8.98. The maximum absolute atomic E-state index is 13.5. The van der Waals surface area contributed by atoms with Crippen molar-refractivity contribution in [1.29, 1.82) is 0 Å². The van der Waals surface area contributed by atoms with Gasteiger partial charge in [0.05, 0.1) is 21.8 Å². The Morgan fingerprint density at radius 2 is 1.45 bits per heavy atom. The van der Waals surface area contributed by atoms with Gasteiger partial charge in [0.1, 0.15) is 11.2 Å². The van der Waals surface area contributed by atoms with Crippen LogP contribution in [0.1, 0.15) is 50.3 Å². The summed E-state index contributed by atoms with van der Waals surface area (Å²) in [6.07, 6.45) is 0. The lowest BCUT2D eigenvalue weighted by Gasteiger charge is -2.21. The molecule has 0 unspecified atom stereocenters. The van der Waals surface area contributed by atoms with Crippen molar-refractivity contribution >= 4 is 43.7 Å². The molecule has 0 radical (unpaired) electrons. The second-order valence-electron chi connectivity index (χ2n) is 12.0. The van der Waals surface area contributed by atoms with Crippen LogP contribution in [0.5, 0.6) is 0 Å². The molecule has 1 aliphatic carbocycles. The maximum atomic E-state index is 13.5. The molecule has 194 valence electrons. The van der Waals surface area contributed by atoms with Crippen LogP contribution in [0.25, 0.3) is 60.6 Å². The van der Waals surface area contributed by atoms with Gasteiger partial charge in [-0.15, -0.1) is 0 Å². The number of rotatable bonds is 2. The molecule has 0 saturated carbocycles. The van der Waals surface area contributed by atoms with E-state index in [0.717, 1.165) is 22.3 Å². The van der Waals surface area contributed by atoms with E-state index < -0.39 is 0 Å². The summed E-state index contributed by atoms with van der Waals surface area (Å²) in [6, 6.07) is 34.0. The number of para-hydroxylation sites is 1. The third kappa shape index (κ3) is 3.03. The fourth-order valence-corrected chi connectivity index (χ4v) is 6.80. The van der Waals surface area contributed by atoms with Crippen LogP contribution in [0.15, 0.2) is 106 Å². The summed E-state index contributed by atoms with van der Waals surface area (Å²) in [5, 5.41) is 3.68. The largest absolute Gasteiger partial charge is 0.456 e. The Morgan fingerprint density at radius 1 is 0.650 bits per heavy atom. The highest BCUT2D eigenvalue weighted by Gasteiger charge is 2.36. The number of aromatic nitrogens is 1. The average Bonchev–Trinajstić information content (AvgIpc) is 3.40. The molecule has 3 heteroatoms. The van der Waals surface area contributed by atoms with E-state index in [1.165, 1.54) is 33.0 Å². The molecule has 1 aliphatic rings. The Kier molecular flexibility index (Phi) is 4.63. The van der Waals surface area contributed by atoms with Crippen molar-refractivity contribution in [2.45, 2.75) is 39.0 Å². The summed E-state index contributed by atoms with van der Waals surface area (Å²) in [6.45, 7) is 8.90. The van der Waals surface area contributed by atoms with Gasteiger partial charge in [-0.1, -0.05) is 76.2 Å². The summed E-state index contributed by atoms with van der Waals surface area (Å²) < 4.78 is 8.68. The fourth-order valence-electron chi connectivity index (χ4n) is 6.80. The van der Waals surface area contributed by atoms with E-state index in [9.17, 15) is 4.79 Å². The van der Waals surface area contributed by atoms with Crippen LogP contribution >= 0.6 is 0 Å². The minimum atomic E-state index is -0.0919. The van der Waals surface area contributed by atoms with Crippen molar-refractivity contribution < 1.29 is 4.42 Å². The van der Waals surface area contributed by atoms with Crippen LogP contribution in [-0.4, -0.2) is 4.57 Å². The third-order valence-electron chi connectivity index (χ3n) is 8.98. The molecule has 7 aromatic rings. The van der Waals surface area contributed by atoms with E-state index >= 15 is 0 Å². The Morgan fingerprint density at radius 3 is 2.30 bits per heavy atom. The Bertz CT molecular complexity index is 2240. The first kappa shape index (κ1) is 23.3. The van der Waals surface area contributed by atoms with Gasteiger partial charge < -0.3 is 8.98 Å². The van der Waals surface area contributed by atoms with Crippen LogP contribution in [-0.2, 0) is 5.41 Å². The van der Waals surface area contributed by atoms with Gasteiger partial charge in [0, 0.05) is 27.9 Å². The molecule has 2 heterocycles. The Hall–Kier alpha value is -4.63. The van der Waals surface area contributed by atoms with E-state index in [4.69, 9.17) is 4.42 Å². The smallest absolute Gasteiger partial charge is 0.200 e. The molecule has 0 N–H and O–H groups in total. The molecular formula is C37H29NO2. The van der Waals surface area contributed by atoms with Gasteiger partial charge in [0.25, 0.3) is 0 Å². The lowest BCUT2D eigenvalue weighted by atomic mass is 9.82. The summed E-state index contributed by atoms with van der Waals surface area (Å²) in [7, 11) is 0. The molecule has 40 heavy (non-hydrogen) atoms. The molecule has 0 aliphatic heterocycles. The van der Waals surface area contributed by atoms with Gasteiger partial charge in [-0.3, -0.25) is 4.79 Å². The predicted molar refractivity (Wildman–Crippen MR) is 166 cm³/mol. The standard InChI is InChI=1S/C37H29NO2/c1-21(2)22-13-16-34-29(17-22)36(39)26-15-14-23(18-35(26)40-34)38-32-12-8-6-10-25(32)28-19-27-24-9-5-7-11-30(24)37(3,4)31(27)20-33(28)38/h5-21H,1-4H3. The van der Waals surface area contributed by atoms with Crippen LogP contribution in [0.3, 0.4) is 0 Å². The summed E-state index contributed by atoms with van der Waals surface area (Å²) in [5.74, 6) is 0.344. The molecule has 0 saturated heterocycles. The van der Waals surface area contributed by atoms with Crippen molar-refractivity contribution in [1.82, 2.24) is 4.57 Å². The molecule has 2 aromatic heterocycles. The molecule has 0 fully saturated rings. The maximum Gasteiger partial charge on any atom is 0.200 e. The van der Waals surface area contributed by atoms with E-state index in [1.807, 2.05) is 24.3 Å². The first-order valence-electron chi connectivity index (χ1n) is 14.0. The van der Waals surface area contributed by atoms with Crippen LogP contribution in [0.2, 0.25) is 0 Å². The molecule has 0 spiro atoms. The summed E-state index contributed by atoms with van der Waals surface area (Å²) in [5.41, 5.74) is 10.9. The Balaban J connectivity index is 1.42. The topological polar surface area (TPSA) is 35.1 Å². The average molecular weight is 520 g/mol. The number of nitrogens with zero attached hydrogens (tertiary/aromatic N) is 1. The first-order chi connectivity index (χ1) is 19.3. The molecular weight excluding hydrogens is 490 g/mol. The SMILES string of the molecule is CC(C)c1ccc2oc3cc(-n4c5ccccc5c5cc6c(cc54)C(C)(C)c4ccccc4-6)ccc3c(=O)c2c1. The zero-order chi connectivity index (χ0) is 27.3. The second kappa shape index (κ2) is 7.95. The highest BCUT2D eigenvalue weighted by molar-refractivity contribution is 6.11. The number of hydrogen-bond donors (Lipinski definition) is 0. The highest BCUT2D eigenvalue weighted by atomic mass is 16.3. The van der Waals surface area contributed by atoms with Gasteiger partial charge in [0.15, 0.2) is 0 Å². The predicted octanol–water partition coefficient (Wildman–Crippen LogP) is 9.47. The Labute approximate surface area is 232 Å². The zero-order valence-corrected chi connectivity index (χ0v) is 23.1. The normalized spacial score (nSPS) is 14.0. The van der Waals surface area contributed by atoms with E-state index in [1.54, 1.807) is 0 Å². The summed E-state index contributed by atoms with van der Waals surface area (Å²) in [4.78, 5) is 13.5. The minimum Gasteiger partial charge on any atom is -0.456 e. The van der Waals surface area contributed by atoms with Crippen LogP contribution < -0.4 is 5.43 Å². The molecule has 0 amide bonds. The molecule has 3 nitrogen and oxygen atoms in total. The molecule has 5 aromatic carbocycles. The monoisotopic (exact) mass is 519 g/mol. The van der Waals surface area contributed by atoms with Crippen molar-refractivity contribution in [2.24, 2.45) is 0 Å². The quantitative estimate of drug-likeness (QED) is 0.213. The molecule has 0 bridgehead atoms. The van der Waals surface area contributed by atoms with E-state index in [0.29, 0.717) is 27.9 Å². The number of hydrogen-bond acceptors (Lipinski definition) is 2. The van der Waals surface area contributed by atoms with E-state index in [2.05, 4.69) is 105 Å². The number of fused-ring (bicyclic) bond motifs is 8. The molecule has 0 atom stereocenters. The second-order valence-corrected chi connectivity index (χ2v) is 12.0. The highest BCUT2D eigenvalue weighted by Crippen LogP contribution is 2.50. The number of benzene rings is 5. The van der Waals surface area contributed by atoms with Crippen molar-refractivity contribution in [2.75, 3.05) is 0 Å². The van der Waals surface area contributed by atoms with Gasteiger partial charge in [0.2, 0.25) is 5.43 Å². The van der Waals surface area contributed by atoms with E-state index in [-0.39, 0.29) is 10.8 Å². The lowest BCUT2D eigenvalue weighted by molar-refractivity contribution is 0.659. The fraction of sp³-hybridized carbons (Fsp3) is 0.162. The van der Waals surface area contributed by atoms with Gasteiger partial charge in [-0.05, 0) is 76.2 Å². The molecule has 8 rings (SSSR count). The van der Waals surface area contributed by atoms with Gasteiger partial charge >= 0.3 is 0 Å². The van der Waals surface area contributed by atoms with Crippen molar-refractivity contribution in [3.63, 3.8) is 0 Å². The van der Waals surface area contributed by atoms with Crippen LogP contribution in [0, 0.1) is 0 Å². The lowest BCUT2D eigenvalue weighted by Crippen LogP contribution is -2.15. The van der Waals surface area contributed by atoms with Gasteiger partial charge in [-0.25, -0.2) is 0 Å².